The molecule has 86 valence electrons. The van der Waals surface area contributed by atoms with Crippen molar-refractivity contribution in [2.45, 2.75) is 19.8 Å². The fraction of sp³-hybridized carbons (Fsp3) is 0.800. The zero-order chi connectivity index (χ0) is 11.3. The third kappa shape index (κ3) is 3.00. The van der Waals surface area contributed by atoms with Gasteiger partial charge in [0.2, 0.25) is 11.8 Å². The molecule has 0 bridgehead atoms. The van der Waals surface area contributed by atoms with Gasteiger partial charge in [0, 0.05) is 38.5 Å². The Morgan fingerprint density at radius 2 is 2.20 bits per heavy atom. The zero-order valence-corrected chi connectivity index (χ0v) is 9.16. The zero-order valence-electron chi connectivity index (χ0n) is 9.16. The van der Waals surface area contributed by atoms with Crippen molar-refractivity contribution in [3.63, 3.8) is 0 Å². The maximum atomic E-state index is 11.7. The van der Waals surface area contributed by atoms with Gasteiger partial charge in [-0.05, 0) is 6.42 Å². The van der Waals surface area contributed by atoms with Crippen LogP contribution in [-0.4, -0.2) is 42.9 Å². The molecule has 3 N–H and O–H groups in total. The number of rotatable bonds is 6. The van der Waals surface area contributed by atoms with Crippen LogP contribution in [0.3, 0.4) is 0 Å². The summed E-state index contributed by atoms with van der Waals surface area (Å²) in [4.78, 5) is 24.5. The molecule has 0 radical (unpaired) electrons. The number of imide groups is 1. The average Bonchev–Trinajstić information content (AvgIpc) is 2.50. The lowest BCUT2D eigenvalue weighted by atomic mass is 10.1. The highest BCUT2D eigenvalue weighted by Gasteiger charge is 2.36. The Morgan fingerprint density at radius 3 is 2.73 bits per heavy atom. The molecule has 2 amide bonds. The molecular formula is C10H19N3O2. The normalized spacial score (nSPS) is 21.5. The Hall–Kier alpha value is -0.940. The van der Waals surface area contributed by atoms with Crippen molar-refractivity contribution < 1.29 is 9.59 Å². The maximum absolute atomic E-state index is 11.7. The summed E-state index contributed by atoms with van der Waals surface area (Å²) in [6, 6.07) is 0. The van der Waals surface area contributed by atoms with Crippen molar-refractivity contribution >= 4 is 11.8 Å². The largest absolute Gasteiger partial charge is 0.329 e. The molecule has 0 aliphatic carbocycles. The van der Waals surface area contributed by atoms with Gasteiger partial charge in [0.05, 0.1) is 0 Å². The maximum Gasteiger partial charge on any atom is 0.232 e. The van der Waals surface area contributed by atoms with E-state index in [1.165, 1.54) is 4.90 Å². The van der Waals surface area contributed by atoms with Crippen molar-refractivity contribution in [2.75, 3.05) is 26.2 Å². The monoisotopic (exact) mass is 213 g/mol. The molecule has 0 aromatic carbocycles. The van der Waals surface area contributed by atoms with E-state index >= 15 is 0 Å². The highest BCUT2D eigenvalue weighted by atomic mass is 16.2. The molecule has 0 spiro atoms. The minimum absolute atomic E-state index is 0.0166. The first-order chi connectivity index (χ1) is 7.20. The van der Waals surface area contributed by atoms with Crippen molar-refractivity contribution in [2.24, 2.45) is 11.7 Å². The van der Waals surface area contributed by atoms with Crippen molar-refractivity contribution in [1.29, 1.82) is 0 Å². The SMILES string of the molecule is CCC1CC(=O)N(CCNCCN)C1=O. The number of nitrogens with one attached hydrogen (secondary N) is 1. The number of nitrogens with zero attached hydrogens (tertiary/aromatic N) is 1. The van der Waals surface area contributed by atoms with Crippen LogP contribution in [0.1, 0.15) is 19.8 Å². The molecule has 5 nitrogen and oxygen atoms in total. The average molecular weight is 213 g/mol. The summed E-state index contributed by atoms with van der Waals surface area (Å²) in [6.07, 6.45) is 1.13. The van der Waals surface area contributed by atoms with Crippen molar-refractivity contribution in [3.8, 4) is 0 Å². The first kappa shape index (κ1) is 12.1. The van der Waals surface area contributed by atoms with Crippen LogP contribution in [-0.2, 0) is 9.59 Å². The summed E-state index contributed by atoms with van der Waals surface area (Å²) in [7, 11) is 0. The Bertz CT molecular complexity index is 243. The minimum atomic E-state index is -0.0907. The molecule has 1 aliphatic rings. The van der Waals surface area contributed by atoms with Crippen molar-refractivity contribution in [1.82, 2.24) is 10.2 Å². The Kier molecular flexibility index (Phi) is 4.71. The quantitative estimate of drug-likeness (QED) is 0.453. The molecule has 5 heteroatoms. The van der Waals surface area contributed by atoms with E-state index in [1.54, 1.807) is 0 Å². The van der Waals surface area contributed by atoms with Gasteiger partial charge in [-0.25, -0.2) is 0 Å². The number of hydrogen-bond acceptors (Lipinski definition) is 4. The summed E-state index contributed by atoms with van der Waals surface area (Å²) >= 11 is 0. The Morgan fingerprint density at radius 1 is 1.47 bits per heavy atom. The third-order valence-electron chi connectivity index (χ3n) is 2.66. The molecule has 1 fully saturated rings. The number of carbonyl (C=O) groups is 2. The summed E-state index contributed by atoms with van der Waals surface area (Å²) in [6.45, 7) is 4.32. The van der Waals surface area contributed by atoms with Gasteiger partial charge in [-0.2, -0.15) is 0 Å². The number of carbonyl (C=O) groups excluding carboxylic acids is 2. The fourth-order valence-corrected chi connectivity index (χ4v) is 1.72. The molecule has 1 saturated heterocycles. The van der Waals surface area contributed by atoms with Gasteiger partial charge in [-0.1, -0.05) is 6.92 Å². The van der Waals surface area contributed by atoms with Crippen LogP contribution in [0.5, 0.6) is 0 Å². The summed E-state index contributed by atoms with van der Waals surface area (Å²) in [5, 5.41) is 3.06. The molecule has 1 unspecified atom stereocenters. The van der Waals surface area contributed by atoms with E-state index in [0.717, 1.165) is 6.42 Å². The smallest absolute Gasteiger partial charge is 0.232 e. The highest BCUT2D eigenvalue weighted by Crippen LogP contribution is 2.21. The van der Waals surface area contributed by atoms with Gasteiger partial charge in [-0.15, -0.1) is 0 Å². The van der Waals surface area contributed by atoms with Gasteiger partial charge in [0.15, 0.2) is 0 Å². The minimum Gasteiger partial charge on any atom is -0.329 e. The summed E-state index contributed by atoms with van der Waals surface area (Å²) in [5.74, 6) is -0.148. The van der Waals surface area contributed by atoms with E-state index in [2.05, 4.69) is 5.32 Å². The van der Waals surface area contributed by atoms with E-state index in [0.29, 0.717) is 32.6 Å². The molecule has 0 aromatic heterocycles. The standard InChI is InChI=1S/C10H19N3O2/c1-2-8-7-9(14)13(10(8)15)6-5-12-4-3-11/h8,12H,2-7,11H2,1H3. The number of likely N-dealkylation sites (tertiary alicyclic amines) is 1. The molecule has 0 saturated carbocycles. The van der Waals surface area contributed by atoms with E-state index < -0.39 is 0 Å². The second-order valence-electron chi connectivity index (χ2n) is 3.73. The van der Waals surface area contributed by atoms with E-state index in [-0.39, 0.29) is 17.7 Å². The second kappa shape index (κ2) is 5.82. The molecule has 1 heterocycles. The number of hydrogen-bond donors (Lipinski definition) is 2. The van der Waals surface area contributed by atoms with Crippen LogP contribution in [0.25, 0.3) is 0 Å². The highest BCUT2D eigenvalue weighted by molar-refractivity contribution is 6.03. The number of amides is 2. The topological polar surface area (TPSA) is 75.4 Å². The van der Waals surface area contributed by atoms with Crippen LogP contribution in [0.15, 0.2) is 0 Å². The van der Waals surface area contributed by atoms with Crippen LogP contribution in [0.4, 0.5) is 0 Å². The Balaban J connectivity index is 2.34. The molecular weight excluding hydrogens is 194 g/mol. The lowest BCUT2D eigenvalue weighted by molar-refractivity contribution is -0.139. The van der Waals surface area contributed by atoms with Gasteiger partial charge in [-0.3, -0.25) is 14.5 Å². The third-order valence-corrected chi connectivity index (χ3v) is 2.66. The van der Waals surface area contributed by atoms with E-state index in [1.807, 2.05) is 6.92 Å². The predicted molar refractivity (Wildman–Crippen MR) is 57.0 cm³/mol. The van der Waals surface area contributed by atoms with Crippen LogP contribution < -0.4 is 11.1 Å². The van der Waals surface area contributed by atoms with E-state index in [4.69, 9.17) is 5.73 Å². The summed E-state index contributed by atoms with van der Waals surface area (Å²) in [5.41, 5.74) is 5.31. The van der Waals surface area contributed by atoms with Crippen molar-refractivity contribution in [3.05, 3.63) is 0 Å². The first-order valence-electron chi connectivity index (χ1n) is 5.45. The number of nitrogens with two attached hydrogens (primary N) is 1. The molecule has 15 heavy (non-hydrogen) atoms. The molecule has 0 aromatic rings. The molecule has 1 atom stereocenters. The van der Waals surface area contributed by atoms with Crippen LogP contribution >= 0.6 is 0 Å². The second-order valence-corrected chi connectivity index (χ2v) is 3.73. The van der Waals surface area contributed by atoms with Gasteiger partial charge >= 0.3 is 0 Å². The predicted octanol–water partition coefficient (Wildman–Crippen LogP) is -0.680. The lowest BCUT2D eigenvalue weighted by Crippen LogP contribution is -2.37. The fourth-order valence-electron chi connectivity index (χ4n) is 1.72. The van der Waals surface area contributed by atoms with Crippen LogP contribution in [0, 0.1) is 5.92 Å². The summed E-state index contributed by atoms with van der Waals surface area (Å²) < 4.78 is 0. The van der Waals surface area contributed by atoms with E-state index in [9.17, 15) is 9.59 Å². The lowest BCUT2D eigenvalue weighted by Gasteiger charge is -2.14. The molecule has 1 aliphatic heterocycles. The van der Waals surface area contributed by atoms with Gasteiger partial charge in [0.1, 0.15) is 0 Å². The van der Waals surface area contributed by atoms with Gasteiger partial charge < -0.3 is 11.1 Å². The van der Waals surface area contributed by atoms with Crippen LogP contribution in [0.2, 0.25) is 0 Å². The van der Waals surface area contributed by atoms with Gasteiger partial charge in [0.25, 0.3) is 0 Å². The first-order valence-corrected chi connectivity index (χ1v) is 5.45. The molecule has 1 rings (SSSR count). The Labute approximate surface area is 90.0 Å².